The van der Waals surface area contributed by atoms with Gasteiger partial charge < -0.3 is 4.74 Å². The molecule has 0 spiro atoms. The molecule has 0 bridgehead atoms. The zero-order chi connectivity index (χ0) is 15.4. The third-order valence-electron chi connectivity index (χ3n) is 4.54. The van der Waals surface area contributed by atoms with E-state index in [1.165, 1.54) is 38.5 Å². The summed E-state index contributed by atoms with van der Waals surface area (Å²) in [6, 6.07) is 3.51. The van der Waals surface area contributed by atoms with E-state index in [0.29, 0.717) is 5.56 Å². The van der Waals surface area contributed by atoms with Crippen LogP contribution in [0, 0.1) is 5.92 Å². The number of hydrogen-bond donors (Lipinski definition) is 0. The summed E-state index contributed by atoms with van der Waals surface area (Å²) in [6.45, 7) is 1.98. The van der Waals surface area contributed by atoms with Crippen molar-refractivity contribution in [3.05, 3.63) is 30.2 Å². The Morgan fingerprint density at radius 1 is 1.36 bits per heavy atom. The molecule has 0 radical (unpaired) electrons. The molecule has 1 fully saturated rings. The first-order chi connectivity index (χ1) is 10.7. The first-order valence-corrected chi connectivity index (χ1v) is 8.23. The third-order valence-corrected chi connectivity index (χ3v) is 4.54. The maximum atomic E-state index is 12.2. The van der Waals surface area contributed by atoms with Gasteiger partial charge in [-0.25, -0.2) is 4.79 Å². The molecule has 118 valence electrons. The maximum Gasteiger partial charge on any atom is 0.339 e. The van der Waals surface area contributed by atoms with Gasteiger partial charge in [-0.2, -0.15) is 0 Å². The Hall–Kier alpha value is -1.91. The number of fused-ring (bicyclic) bond motifs is 1. The number of esters is 1. The van der Waals surface area contributed by atoms with Crippen molar-refractivity contribution in [3.8, 4) is 0 Å². The van der Waals surface area contributed by atoms with Crippen molar-refractivity contribution < 1.29 is 9.53 Å². The highest BCUT2D eigenvalue weighted by molar-refractivity contribution is 5.89. The molecule has 2 aromatic rings. The Balaban J connectivity index is 1.51. The standard InChI is InChI=1S/C17H23N3O2/c1-13(7-8-14-5-3-2-4-6-14)22-17(21)15-9-10-16-19-18-12-20(16)11-15/h9-14H,2-8H2,1H3. The molecule has 0 amide bonds. The molecule has 1 atom stereocenters. The summed E-state index contributed by atoms with van der Waals surface area (Å²) in [6.07, 6.45) is 12.2. The number of carbonyl (C=O) groups is 1. The van der Waals surface area contributed by atoms with Gasteiger partial charge in [0, 0.05) is 6.20 Å². The second-order valence-electron chi connectivity index (χ2n) is 6.31. The highest BCUT2D eigenvalue weighted by atomic mass is 16.5. The molecule has 3 rings (SSSR count). The summed E-state index contributed by atoms with van der Waals surface area (Å²) in [4.78, 5) is 12.2. The van der Waals surface area contributed by atoms with Crippen LogP contribution in [-0.4, -0.2) is 26.7 Å². The van der Waals surface area contributed by atoms with Crippen LogP contribution in [0.3, 0.4) is 0 Å². The molecule has 5 heteroatoms. The largest absolute Gasteiger partial charge is 0.459 e. The Bertz CT molecular complexity index is 632. The van der Waals surface area contributed by atoms with Crippen molar-refractivity contribution in [2.45, 2.75) is 58.0 Å². The Kier molecular flexibility index (Phi) is 4.71. The van der Waals surface area contributed by atoms with Crippen LogP contribution >= 0.6 is 0 Å². The van der Waals surface area contributed by atoms with Gasteiger partial charge in [-0.15, -0.1) is 10.2 Å². The van der Waals surface area contributed by atoms with E-state index in [9.17, 15) is 4.79 Å². The summed E-state index contributed by atoms with van der Waals surface area (Å²) in [5, 5.41) is 7.73. The summed E-state index contributed by atoms with van der Waals surface area (Å²) in [5.74, 6) is 0.551. The van der Waals surface area contributed by atoms with Crippen LogP contribution < -0.4 is 0 Å². The van der Waals surface area contributed by atoms with E-state index >= 15 is 0 Å². The van der Waals surface area contributed by atoms with Gasteiger partial charge in [-0.3, -0.25) is 4.40 Å². The number of pyridine rings is 1. The molecular weight excluding hydrogens is 278 g/mol. The molecule has 0 aromatic carbocycles. The van der Waals surface area contributed by atoms with Gasteiger partial charge in [0.2, 0.25) is 0 Å². The van der Waals surface area contributed by atoms with E-state index in [1.54, 1.807) is 29.1 Å². The number of aromatic nitrogens is 3. The minimum atomic E-state index is -0.272. The lowest BCUT2D eigenvalue weighted by atomic mass is 9.85. The van der Waals surface area contributed by atoms with Crippen molar-refractivity contribution in [2.75, 3.05) is 0 Å². The van der Waals surface area contributed by atoms with E-state index in [1.807, 2.05) is 6.92 Å². The van der Waals surface area contributed by atoms with Crippen molar-refractivity contribution in [1.29, 1.82) is 0 Å². The normalized spacial score (nSPS) is 17.5. The molecule has 1 saturated carbocycles. The van der Waals surface area contributed by atoms with Crippen LogP contribution in [0.2, 0.25) is 0 Å². The molecule has 1 aliphatic carbocycles. The molecule has 1 aliphatic rings. The molecule has 1 unspecified atom stereocenters. The minimum absolute atomic E-state index is 0.0361. The van der Waals surface area contributed by atoms with Crippen molar-refractivity contribution >= 4 is 11.6 Å². The highest BCUT2D eigenvalue weighted by Crippen LogP contribution is 2.28. The lowest BCUT2D eigenvalue weighted by Gasteiger charge is -2.23. The van der Waals surface area contributed by atoms with Gasteiger partial charge >= 0.3 is 5.97 Å². The Morgan fingerprint density at radius 2 is 2.18 bits per heavy atom. The lowest BCUT2D eigenvalue weighted by molar-refractivity contribution is 0.0307. The number of ether oxygens (including phenoxy) is 1. The van der Waals surface area contributed by atoms with Crippen LogP contribution in [0.1, 0.15) is 62.2 Å². The Labute approximate surface area is 130 Å². The third kappa shape index (κ3) is 3.64. The number of nitrogens with zero attached hydrogens (tertiary/aromatic N) is 3. The van der Waals surface area contributed by atoms with Gasteiger partial charge in [-0.05, 0) is 37.8 Å². The number of rotatable bonds is 5. The first kappa shape index (κ1) is 15.0. The van der Waals surface area contributed by atoms with Gasteiger partial charge in [-0.1, -0.05) is 32.1 Å². The Morgan fingerprint density at radius 3 is 3.00 bits per heavy atom. The van der Waals surface area contributed by atoms with E-state index in [4.69, 9.17) is 4.74 Å². The quantitative estimate of drug-likeness (QED) is 0.791. The monoisotopic (exact) mass is 301 g/mol. The zero-order valence-electron chi connectivity index (χ0n) is 13.1. The summed E-state index contributed by atoms with van der Waals surface area (Å²) >= 11 is 0. The molecule has 5 nitrogen and oxygen atoms in total. The molecule has 2 aromatic heterocycles. The van der Waals surface area contributed by atoms with Crippen LogP contribution in [0.25, 0.3) is 5.65 Å². The first-order valence-electron chi connectivity index (χ1n) is 8.23. The lowest BCUT2D eigenvalue weighted by Crippen LogP contribution is -2.17. The zero-order valence-corrected chi connectivity index (χ0v) is 13.1. The van der Waals surface area contributed by atoms with Gasteiger partial charge in [0.05, 0.1) is 11.7 Å². The maximum absolute atomic E-state index is 12.2. The van der Waals surface area contributed by atoms with E-state index in [-0.39, 0.29) is 12.1 Å². The van der Waals surface area contributed by atoms with Crippen molar-refractivity contribution in [1.82, 2.24) is 14.6 Å². The second-order valence-corrected chi connectivity index (χ2v) is 6.31. The summed E-state index contributed by atoms with van der Waals surface area (Å²) < 4.78 is 7.29. The molecule has 22 heavy (non-hydrogen) atoms. The highest BCUT2D eigenvalue weighted by Gasteiger charge is 2.17. The van der Waals surface area contributed by atoms with Crippen LogP contribution in [0.5, 0.6) is 0 Å². The topological polar surface area (TPSA) is 56.5 Å². The summed E-state index contributed by atoms with van der Waals surface area (Å²) in [5.41, 5.74) is 1.26. The minimum Gasteiger partial charge on any atom is -0.459 e. The fourth-order valence-electron chi connectivity index (χ4n) is 3.20. The number of carbonyl (C=O) groups excluding carboxylic acids is 1. The molecule has 2 heterocycles. The average molecular weight is 301 g/mol. The van der Waals surface area contributed by atoms with Gasteiger partial charge in [0.15, 0.2) is 5.65 Å². The fourth-order valence-corrected chi connectivity index (χ4v) is 3.20. The van der Waals surface area contributed by atoms with Gasteiger partial charge in [0.25, 0.3) is 0 Å². The van der Waals surface area contributed by atoms with Crippen molar-refractivity contribution in [3.63, 3.8) is 0 Å². The van der Waals surface area contributed by atoms with Crippen LogP contribution in [0.15, 0.2) is 24.7 Å². The second kappa shape index (κ2) is 6.90. The summed E-state index contributed by atoms with van der Waals surface area (Å²) in [7, 11) is 0. The average Bonchev–Trinajstić information content (AvgIpc) is 3.01. The molecule has 0 aliphatic heterocycles. The smallest absolute Gasteiger partial charge is 0.339 e. The number of hydrogen-bond acceptors (Lipinski definition) is 4. The fraction of sp³-hybridized carbons (Fsp3) is 0.588. The van der Waals surface area contributed by atoms with E-state index in [2.05, 4.69) is 10.2 Å². The molecule has 0 saturated heterocycles. The van der Waals surface area contributed by atoms with Crippen LogP contribution in [-0.2, 0) is 4.74 Å². The predicted octanol–water partition coefficient (Wildman–Crippen LogP) is 3.64. The van der Waals surface area contributed by atoms with Crippen molar-refractivity contribution in [2.24, 2.45) is 5.92 Å². The molecular formula is C17H23N3O2. The van der Waals surface area contributed by atoms with Crippen LogP contribution in [0.4, 0.5) is 0 Å². The van der Waals surface area contributed by atoms with E-state index < -0.39 is 0 Å². The SMILES string of the molecule is CC(CCC1CCCCC1)OC(=O)c1ccc2nncn2c1. The van der Waals surface area contributed by atoms with E-state index in [0.717, 1.165) is 18.0 Å². The molecule has 0 N–H and O–H groups in total. The predicted molar refractivity (Wildman–Crippen MR) is 83.7 cm³/mol. The van der Waals surface area contributed by atoms with Gasteiger partial charge in [0.1, 0.15) is 6.33 Å².